The Bertz CT molecular complexity index is 1010. The molecule has 2 aromatic carbocycles. The van der Waals surface area contributed by atoms with Crippen molar-refractivity contribution in [3.63, 3.8) is 0 Å². The summed E-state index contributed by atoms with van der Waals surface area (Å²) in [5, 5.41) is 15.5. The van der Waals surface area contributed by atoms with Gasteiger partial charge >= 0.3 is 0 Å². The van der Waals surface area contributed by atoms with Crippen LogP contribution in [0.1, 0.15) is 23.4 Å². The summed E-state index contributed by atoms with van der Waals surface area (Å²) in [6, 6.07) is 14.0. The van der Waals surface area contributed by atoms with Crippen LogP contribution in [0.15, 0.2) is 42.5 Å². The normalized spacial score (nSPS) is 13.5. The number of tetrazole rings is 1. The van der Waals surface area contributed by atoms with E-state index in [2.05, 4.69) is 31.8 Å². The second kappa shape index (κ2) is 14.9. The van der Waals surface area contributed by atoms with Gasteiger partial charge in [-0.25, -0.2) is 0 Å². The van der Waals surface area contributed by atoms with Crippen LogP contribution in [0.3, 0.4) is 0 Å². The summed E-state index contributed by atoms with van der Waals surface area (Å²) in [6.45, 7) is 8.91. The van der Waals surface area contributed by atoms with Gasteiger partial charge in [-0.1, -0.05) is 23.8 Å². The van der Waals surface area contributed by atoms with Gasteiger partial charge in [-0.05, 0) is 66.7 Å². The van der Waals surface area contributed by atoms with Crippen molar-refractivity contribution in [1.82, 2.24) is 30.4 Å². The van der Waals surface area contributed by atoms with E-state index in [0.717, 1.165) is 63.6 Å². The van der Waals surface area contributed by atoms with E-state index in [1.165, 1.54) is 5.56 Å². The third kappa shape index (κ3) is 8.33. The fraction of sp³-hybridized carbons (Fsp3) is 0.458. The Balaban J connectivity index is 0.00000216. The Hall–Kier alpha value is -2.43. The molecule has 4 rings (SSSR count). The van der Waals surface area contributed by atoms with Gasteiger partial charge in [0.1, 0.15) is 0 Å². The van der Waals surface area contributed by atoms with Crippen molar-refractivity contribution >= 4 is 0 Å². The molecule has 2 heterocycles. The lowest BCUT2D eigenvalue weighted by molar-refractivity contribution is -0.00100. The number of morpholine rings is 1. The zero-order valence-corrected chi connectivity index (χ0v) is 21.6. The van der Waals surface area contributed by atoms with Crippen molar-refractivity contribution in [1.29, 1.82) is 0 Å². The largest absolute Gasteiger partial charge is 1.00 e. The van der Waals surface area contributed by atoms with Crippen molar-refractivity contribution in [3.8, 4) is 17.2 Å². The van der Waals surface area contributed by atoms with Crippen molar-refractivity contribution in [2.75, 3.05) is 46.5 Å². The highest BCUT2D eigenvalue weighted by atomic mass is 35.5. The first-order chi connectivity index (χ1) is 16.2. The van der Waals surface area contributed by atoms with Gasteiger partial charge in [0.15, 0.2) is 23.9 Å². The van der Waals surface area contributed by atoms with Crippen molar-refractivity contribution < 1.29 is 39.0 Å². The van der Waals surface area contributed by atoms with E-state index in [0.29, 0.717) is 17.3 Å². The predicted molar refractivity (Wildman–Crippen MR) is 125 cm³/mol. The minimum absolute atomic E-state index is 0. The molecule has 0 radical (unpaired) electrons. The number of nitrogens with one attached hydrogen (secondary N) is 1. The average Bonchev–Trinajstić information content (AvgIpc) is 3.32. The van der Waals surface area contributed by atoms with Crippen molar-refractivity contribution in [2.45, 2.75) is 26.5 Å². The molecule has 1 N–H and O–H groups in total. The summed E-state index contributed by atoms with van der Waals surface area (Å²) in [5.41, 5.74) is 3.22. The molecule has 3 aromatic rings. The molecule has 1 aliphatic heterocycles. The average molecular weight is 523 g/mol. The maximum atomic E-state index is 6.00. The molecule has 0 atom stereocenters. The highest BCUT2D eigenvalue weighted by Gasteiger charge is 2.12. The molecule has 35 heavy (non-hydrogen) atoms. The van der Waals surface area contributed by atoms with Gasteiger partial charge < -0.3 is 44.3 Å². The van der Waals surface area contributed by atoms with Crippen molar-refractivity contribution in [2.24, 2.45) is 0 Å². The van der Waals surface area contributed by atoms with E-state index in [1.54, 1.807) is 11.8 Å². The third-order valence-corrected chi connectivity index (χ3v) is 5.66. The first-order valence-corrected chi connectivity index (χ1v) is 11.4. The minimum Gasteiger partial charge on any atom is -1.00 e. The Morgan fingerprint density at radius 3 is 2.54 bits per heavy atom. The van der Waals surface area contributed by atoms with Gasteiger partial charge in [-0.2, -0.15) is 4.68 Å². The number of ether oxygens (including phenoxy) is 3. The lowest BCUT2D eigenvalue weighted by Crippen LogP contribution is -3.00. The van der Waals surface area contributed by atoms with E-state index in [9.17, 15) is 0 Å². The summed E-state index contributed by atoms with van der Waals surface area (Å²) < 4.78 is 18.6. The predicted octanol–water partition coefficient (Wildman–Crippen LogP) is -3.62. The quantitative estimate of drug-likeness (QED) is 0.258. The zero-order chi connectivity index (χ0) is 22.9. The Kier molecular flexibility index (Phi) is 12.2. The molecule has 1 saturated heterocycles. The van der Waals surface area contributed by atoms with Gasteiger partial charge in [-0.3, -0.25) is 4.90 Å². The SMILES string of the molecule is COc1cc(CNCCCN2CCOCC2)ccc1OCc1nnnn1-c1ccc(C)cc1.[Cl-].[Cl-]. The van der Waals surface area contributed by atoms with Gasteiger partial charge in [-0.15, -0.1) is 5.10 Å². The fourth-order valence-electron chi connectivity index (χ4n) is 3.75. The number of rotatable bonds is 11. The lowest BCUT2D eigenvalue weighted by Gasteiger charge is -2.26. The Morgan fingerprint density at radius 1 is 1.03 bits per heavy atom. The molecule has 0 aliphatic carbocycles. The lowest BCUT2D eigenvalue weighted by atomic mass is 10.2. The first kappa shape index (κ1) is 28.8. The van der Waals surface area contributed by atoms with E-state index < -0.39 is 0 Å². The van der Waals surface area contributed by atoms with Gasteiger partial charge in [0.2, 0.25) is 0 Å². The monoisotopic (exact) mass is 522 g/mol. The van der Waals surface area contributed by atoms with Crippen LogP contribution in [-0.2, 0) is 17.9 Å². The fourth-order valence-corrected chi connectivity index (χ4v) is 3.75. The zero-order valence-electron chi connectivity index (χ0n) is 20.1. The number of methoxy groups -OCH3 is 1. The number of aromatic nitrogens is 4. The molecule has 0 amide bonds. The molecule has 1 aromatic heterocycles. The summed E-state index contributed by atoms with van der Waals surface area (Å²) in [7, 11) is 1.65. The van der Waals surface area contributed by atoms with Crippen LogP contribution in [-0.4, -0.2) is 71.6 Å². The standard InChI is InChI=1S/C24H32N6O3.2ClH/c1-19-4-7-21(8-5-19)30-24(26-27-28-30)18-33-22-9-6-20(16-23(22)31-2)17-25-10-3-11-29-12-14-32-15-13-29;;/h4-9,16,25H,3,10-15,17-18H2,1-2H3;2*1H/p-2. The molecule has 1 fully saturated rings. The number of halogens is 2. The van der Waals surface area contributed by atoms with Crippen LogP contribution in [0.4, 0.5) is 0 Å². The Labute approximate surface area is 218 Å². The number of nitrogens with zero attached hydrogens (tertiary/aromatic N) is 5. The molecule has 0 unspecified atom stereocenters. The highest BCUT2D eigenvalue weighted by molar-refractivity contribution is 5.43. The molecule has 11 heteroatoms. The van der Waals surface area contributed by atoms with E-state index in [1.807, 2.05) is 43.3 Å². The van der Waals surface area contributed by atoms with E-state index in [4.69, 9.17) is 14.2 Å². The molecule has 192 valence electrons. The molecule has 0 saturated carbocycles. The number of hydrogen-bond donors (Lipinski definition) is 1. The molecular weight excluding hydrogens is 491 g/mol. The molecule has 1 aliphatic rings. The number of hydrogen-bond acceptors (Lipinski definition) is 8. The molecule has 9 nitrogen and oxygen atoms in total. The molecule has 0 spiro atoms. The molecule has 0 bridgehead atoms. The second-order valence-corrected chi connectivity index (χ2v) is 8.10. The minimum atomic E-state index is 0. The van der Waals surface area contributed by atoms with Crippen LogP contribution in [0, 0.1) is 6.92 Å². The van der Waals surface area contributed by atoms with Gasteiger partial charge in [0.05, 0.1) is 26.0 Å². The Morgan fingerprint density at radius 2 is 1.80 bits per heavy atom. The number of aryl methyl sites for hydroxylation is 1. The van der Waals surface area contributed by atoms with Gasteiger partial charge in [0.25, 0.3) is 0 Å². The summed E-state index contributed by atoms with van der Waals surface area (Å²) >= 11 is 0. The third-order valence-electron chi connectivity index (χ3n) is 5.66. The maximum absolute atomic E-state index is 6.00. The van der Waals surface area contributed by atoms with Crippen LogP contribution >= 0.6 is 0 Å². The first-order valence-electron chi connectivity index (χ1n) is 11.4. The topological polar surface area (TPSA) is 86.6 Å². The van der Waals surface area contributed by atoms with Crippen LogP contribution in [0.5, 0.6) is 11.5 Å². The van der Waals surface area contributed by atoms with Crippen LogP contribution in [0.2, 0.25) is 0 Å². The van der Waals surface area contributed by atoms with Crippen molar-refractivity contribution in [3.05, 3.63) is 59.4 Å². The summed E-state index contributed by atoms with van der Waals surface area (Å²) in [6.07, 6.45) is 1.12. The van der Waals surface area contributed by atoms with E-state index >= 15 is 0 Å². The smallest absolute Gasteiger partial charge is 0.194 e. The molecular formula is C24H32Cl2N6O3-2. The maximum Gasteiger partial charge on any atom is 0.194 e. The summed E-state index contributed by atoms with van der Waals surface area (Å²) in [5.74, 6) is 1.97. The summed E-state index contributed by atoms with van der Waals surface area (Å²) in [4.78, 5) is 2.45. The van der Waals surface area contributed by atoms with Crippen LogP contribution in [0.25, 0.3) is 5.69 Å². The highest BCUT2D eigenvalue weighted by Crippen LogP contribution is 2.29. The second-order valence-electron chi connectivity index (χ2n) is 8.10. The van der Waals surface area contributed by atoms with E-state index in [-0.39, 0.29) is 31.4 Å². The van der Waals surface area contributed by atoms with Crippen LogP contribution < -0.4 is 39.6 Å². The van der Waals surface area contributed by atoms with Gasteiger partial charge in [0, 0.05) is 19.6 Å². The number of benzene rings is 2.